The Hall–Kier alpha value is -3.63. The summed E-state index contributed by atoms with van der Waals surface area (Å²) in [5, 5.41) is 0. The lowest BCUT2D eigenvalue weighted by atomic mass is 9.99. The molecule has 1 aliphatic heterocycles. The molecule has 2 aromatic carbocycles. The van der Waals surface area contributed by atoms with Crippen LogP contribution >= 0.6 is 0 Å². The number of hydrogen-bond donors (Lipinski definition) is 0. The Labute approximate surface area is 275 Å². The Morgan fingerprint density at radius 1 is 0.804 bits per heavy atom. The van der Waals surface area contributed by atoms with Gasteiger partial charge >= 0.3 is 18.2 Å². The number of rotatable bonds is 15. The highest BCUT2D eigenvalue weighted by Gasteiger charge is 2.45. The van der Waals surface area contributed by atoms with Gasteiger partial charge in [-0.3, -0.25) is 9.69 Å². The van der Waals surface area contributed by atoms with Gasteiger partial charge in [-0.1, -0.05) is 102 Å². The summed E-state index contributed by atoms with van der Waals surface area (Å²) in [6.45, 7) is 15.4. The molecule has 9 nitrogen and oxygen atoms in total. The SMILES string of the molecule is CC(=O)O[C@@H]1C=C(CCCO[Si](C(C)C)(C(C)C)C(C)C)N(C(=O)OCc2ccccc2)[C@@H](COC(=O)OCc2ccccc2)C1. The number of benzene rings is 2. The molecule has 252 valence electrons. The Morgan fingerprint density at radius 3 is 1.87 bits per heavy atom. The fourth-order valence-electron chi connectivity index (χ4n) is 6.59. The van der Waals surface area contributed by atoms with Gasteiger partial charge in [-0.2, -0.15) is 0 Å². The van der Waals surface area contributed by atoms with Gasteiger partial charge in [0.15, 0.2) is 8.32 Å². The first kappa shape index (κ1) is 36.8. The van der Waals surface area contributed by atoms with E-state index in [1.54, 1.807) is 6.08 Å². The highest BCUT2D eigenvalue weighted by atomic mass is 28.4. The van der Waals surface area contributed by atoms with Crippen LogP contribution in [0.1, 0.15) is 78.9 Å². The molecule has 1 amide bonds. The molecule has 0 aliphatic carbocycles. The van der Waals surface area contributed by atoms with Crippen LogP contribution in [0.3, 0.4) is 0 Å². The van der Waals surface area contributed by atoms with Gasteiger partial charge < -0.3 is 23.4 Å². The average molecular weight is 654 g/mol. The van der Waals surface area contributed by atoms with Gasteiger partial charge in [-0.25, -0.2) is 9.59 Å². The van der Waals surface area contributed by atoms with Crippen molar-refractivity contribution in [2.24, 2.45) is 0 Å². The van der Waals surface area contributed by atoms with Crippen LogP contribution < -0.4 is 0 Å². The molecule has 10 heteroatoms. The molecule has 0 bridgehead atoms. The lowest BCUT2D eigenvalue weighted by molar-refractivity contribution is -0.145. The van der Waals surface area contributed by atoms with E-state index in [1.165, 1.54) is 11.8 Å². The number of nitrogens with zero attached hydrogens (tertiary/aromatic N) is 1. The number of carbonyl (C=O) groups excluding carboxylic acids is 3. The monoisotopic (exact) mass is 653 g/mol. The lowest BCUT2D eigenvalue weighted by Gasteiger charge is -2.42. The number of hydrogen-bond acceptors (Lipinski definition) is 8. The van der Waals surface area contributed by atoms with Crippen molar-refractivity contribution in [1.82, 2.24) is 4.90 Å². The van der Waals surface area contributed by atoms with Crippen LogP contribution in [0.4, 0.5) is 9.59 Å². The summed E-state index contributed by atoms with van der Waals surface area (Å²) < 4.78 is 28.9. The molecule has 2 atom stereocenters. The second-order valence-corrected chi connectivity index (χ2v) is 18.2. The van der Waals surface area contributed by atoms with Gasteiger partial charge in [0, 0.05) is 25.6 Å². The smallest absolute Gasteiger partial charge is 0.458 e. The van der Waals surface area contributed by atoms with Crippen molar-refractivity contribution in [1.29, 1.82) is 0 Å². The molecule has 2 aromatic rings. The maximum absolute atomic E-state index is 13.7. The number of ether oxygens (including phenoxy) is 4. The molecule has 0 unspecified atom stereocenters. The fraction of sp³-hybridized carbons (Fsp3) is 0.528. The summed E-state index contributed by atoms with van der Waals surface area (Å²) in [5.74, 6) is -0.437. The van der Waals surface area contributed by atoms with Crippen LogP contribution in [0, 0.1) is 0 Å². The lowest BCUT2D eigenvalue weighted by Crippen LogP contribution is -2.49. The molecular formula is C36H51NO8Si. The van der Waals surface area contributed by atoms with Crippen molar-refractivity contribution in [2.45, 2.75) is 110 Å². The van der Waals surface area contributed by atoms with Crippen molar-refractivity contribution in [3.8, 4) is 0 Å². The third-order valence-electron chi connectivity index (χ3n) is 8.51. The van der Waals surface area contributed by atoms with E-state index in [9.17, 15) is 14.4 Å². The van der Waals surface area contributed by atoms with Crippen molar-refractivity contribution >= 4 is 26.5 Å². The second-order valence-electron chi connectivity index (χ2n) is 12.7. The van der Waals surface area contributed by atoms with Crippen molar-refractivity contribution in [3.63, 3.8) is 0 Å². The quantitative estimate of drug-likeness (QED) is 0.0816. The third-order valence-corrected chi connectivity index (χ3v) is 14.6. The molecule has 0 radical (unpaired) electrons. The zero-order valence-corrected chi connectivity index (χ0v) is 29.4. The third kappa shape index (κ3) is 10.5. The Balaban J connectivity index is 1.78. The number of amides is 1. The van der Waals surface area contributed by atoms with E-state index in [1.807, 2.05) is 60.7 Å². The van der Waals surface area contributed by atoms with E-state index >= 15 is 0 Å². The Morgan fingerprint density at radius 2 is 1.35 bits per heavy atom. The number of esters is 1. The highest BCUT2D eigenvalue weighted by molar-refractivity contribution is 6.77. The standard InChI is InChI=1S/C36H51NO8Si/c1-26(2)46(27(3)4,28(5)6)44-20-14-19-32-21-34(45-29(7)38)22-33(25-43-36(40)42-24-31-17-12-9-13-18-31)37(32)35(39)41-23-30-15-10-8-11-16-30/h8-13,15-18,21,26-28,33-34H,14,19-20,22-25H2,1-7H3/t33-,34-/m1/s1. The van der Waals surface area contributed by atoms with E-state index in [2.05, 4.69) is 41.5 Å². The van der Waals surface area contributed by atoms with Crippen molar-refractivity contribution in [3.05, 3.63) is 83.6 Å². The number of allylic oxidation sites excluding steroid dienone is 1. The molecule has 1 aliphatic rings. The maximum atomic E-state index is 13.7. The molecule has 0 fully saturated rings. The average Bonchev–Trinajstić information content (AvgIpc) is 3.01. The Kier molecular flexibility index (Phi) is 14.3. The highest BCUT2D eigenvalue weighted by Crippen LogP contribution is 2.42. The maximum Gasteiger partial charge on any atom is 0.508 e. The Bertz CT molecular complexity index is 1260. The summed E-state index contributed by atoms with van der Waals surface area (Å²) in [6, 6.07) is 18.1. The zero-order valence-electron chi connectivity index (χ0n) is 28.4. The summed E-state index contributed by atoms with van der Waals surface area (Å²) in [5.41, 5.74) is 3.65. The van der Waals surface area contributed by atoms with Gasteiger partial charge in [-0.15, -0.1) is 0 Å². The topological polar surface area (TPSA) is 101 Å². The molecule has 0 aromatic heterocycles. The predicted molar refractivity (Wildman–Crippen MR) is 179 cm³/mol. The van der Waals surface area contributed by atoms with Crippen LogP contribution in [0.15, 0.2) is 72.4 Å². The summed E-state index contributed by atoms with van der Waals surface area (Å²) >= 11 is 0. The normalized spacial score (nSPS) is 16.7. The van der Waals surface area contributed by atoms with E-state index < -0.39 is 38.7 Å². The molecule has 0 saturated carbocycles. The largest absolute Gasteiger partial charge is 0.508 e. The molecular weight excluding hydrogens is 602 g/mol. The molecule has 0 spiro atoms. The molecule has 1 heterocycles. The minimum Gasteiger partial charge on any atom is -0.458 e. The van der Waals surface area contributed by atoms with Gasteiger partial charge in [-0.05, 0) is 46.7 Å². The van der Waals surface area contributed by atoms with Crippen molar-refractivity contribution in [2.75, 3.05) is 13.2 Å². The minimum atomic E-state index is -2.08. The summed E-state index contributed by atoms with van der Waals surface area (Å²) in [7, 11) is -2.08. The summed E-state index contributed by atoms with van der Waals surface area (Å²) in [4.78, 5) is 39.8. The molecule has 0 N–H and O–H groups in total. The van der Waals surface area contributed by atoms with E-state index in [4.69, 9.17) is 23.4 Å². The molecule has 46 heavy (non-hydrogen) atoms. The number of carbonyl (C=O) groups is 3. The van der Waals surface area contributed by atoms with Crippen LogP contribution in [-0.4, -0.2) is 56.8 Å². The van der Waals surface area contributed by atoms with Crippen LogP contribution in [0.25, 0.3) is 0 Å². The van der Waals surface area contributed by atoms with Crippen LogP contribution in [0.5, 0.6) is 0 Å². The van der Waals surface area contributed by atoms with Crippen LogP contribution in [-0.2, 0) is 41.4 Å². The minimum absolute atomic E-state index is 0.0579. The van der Waals surface area contributed by atoms with E-state index in [0.717, 1.165) is 11.1 Å². The van der Waals surface area contributed by atoms with E-state index in [0.29, 0.717) is 41.8 Å². The van der Waals surface area contributed by atoms with Gasteiger partial charge in [0.25, 0.3) is 0 Å². The first-order valence-electron chi connectivity index (χ1n) is 16.3. The first-order chi connectivity index (χ1) is 21.9. The van der Waals surface area contributed by atoms with Crippen molar-refractivity contribution < 1.29 is 37.8 Å². The second kappa shape index (κ2) is 17.9. The van der Waals surface area contributed by atoms with Gasteiger partial charge in [0.1, 0.15) is 25.9 Å². The van der Waals surface area contributed by atoms with Gasteiger partial charge in [0.05, 0.1) is 6.04 Å². The molecule has 0 saturated heterocycles. The van der Waals surface area contributed by atoms with Crippen LogP contribution in [0.2, 0.25) is 16.6 Å². The zero-order chi connectivity index (χ0) is 33.7. The predicted octanol–water partition coefficient (Wildman–Crippen LogP) is 8.54. The van der Waals surface area contributed by atoms with Gasteiger partial charge in [0.2, 0.25) is 0 Å². The first-order valence-corrected chi connectivity index (χ1v) is 18.4. The summed E-state index contributed by atoms with van der Waals surface area (Å²) in [6.07, 6.45) is 1.13. The molecule has 3 rings (SSSR count). The van der Waals surface area contributed by atoms with E-state index in [-0.39, 0.29) is 26.2 Å². The fourth-order valence-corrected chi connectivity index (χ4v) is 12.1.